The number of rotatable bonds is 4. The molecule has 94 valence electrons. The highest BCUT2D eigenvalue weighted by Gasteiger charge is 2.25. The number of ether oxygens (including phenoxy) is 2. The van der Waals surface area contributed by atoms with Gasteiger partial charge in [0, 0.05) is 7.05 Å². The smallest absolute Gasteiger partial charge is 0.360 e. The molecule has 0 radical (unpaired) electrons. The standard InChI is InChI=1S/C10H13BrN2O4/c1-4-16-9(14)7-6(11)8(13(3)12-7)10(15)17-5-2/h4-5H2,1-3H3. The molecule has 1 aromatic rings. The molecule has 1 rings (SSSR count). The van der Waals surface area contributed by atoms with Crippen molar-refractivity contribution in [3.8, 4) is 0 Å². The first-order chi connectivity index (χ1) is 8.02. The van der Waals surface area contributed by atoms with Crippen molar-refractivity contribution in [1.29, 1.82) is 0 Å². The van der Waals surface area contributed by atoms with Gasteiger partial charge in [-0.2, -0.15) is 5.10 Å². The molecule has 7 heteroatoms. The van der Waals surface area contributed by atoms with Crippen molar-refractivity contribution in [2.45, 2.75) is 13.8 Å². The Balaban J connectivity index is 3.09. The van der Waals surface area contributed by atoms with E-state index in [0.717, 1.165) is 0 Å². The first-order valence-electron chi connectivity index (χ1n) is 5.09. The number of carbonyl (C=O) groups is 2. The van der Waals surface area contributed by atoms with Gasteiger partial charge in [0.05, 0.1) is 17.7 Å². The van der Waals surface area contributed by atoms with Gasteiger partial charge >= 0.3 is 11.9 Å². The number of halogens is 1. The van der Waals surface area contributed by atoms with Gasteiger partial charge in [-0.3, -0.25) is 4.68 Å². The van der Waals surface area contributed by atoms with E-state index in [9.17, 15) is 9.59 Å². The minimum Gasteiger partial charge on any atom is -0.461 e. The number of nitrogens with zero attached hydrogens (tertiary/aromatic N) is 2. The Bertz CT molecular complexity index is 442. The van der Waals surface area contributed by atoms with E-state index in [1.54, 1.807) is 20.9 Å². The van der Waals surface area contributed by atoms with Gasteiger partial charge in [0.15, 0.2) is 11.4 Å². The molecular weight excluding hydrogens is 292 g/mol. The van der Waals surface area contributed by atoms with Crippen molar-refractivity contribution in [3.63, 3.8) is 0 Å². The second-order valence-electron chi connectivity index (χ2n) is 3.08. The lowest BCUT2D eigenvalue weighted by Crippen LogP contribution is -2.10. The summed E-state index contributed by atoms with van der Waals surface area (Å²) in [5.74, 6) is -1.12. The highest BCUT2D eigenvalue weighted by molar-refractivity contribution is 9.10. The molecule has 1 aromatic heterocycles. The normalized spacial score (nSPS) is 10.1. The van der Waals surface area contributed by atoms with E-state index in [2.05, 4.69) is 21.0 Å². The summed E-state index contributed by atoms with van der Waals surface area (Å²) < 4.78 is 11.3. The minimum atomic E-state index is -0.578. The molecule has 0 unspecified atom stereocenters. The maximum Gasteiger partial charge on any atom is 0.360 e. The van der Waals surface area contributed by atoms with E-state index in [-0.39, 0.29) is 29.1 Å². The van der Waals surface area contributed by atoms with Crippen molar-refractivity contribution < 1.29 is 19.1 Å². The Morgan fingerprint density at radius 1 is 1.24 bits per heavy atom. The number of aryl methyl sites for hydroxylation is 1. The van der Waals surface area contributed by atoms with Crippen LogP contribution in [0.4, 0.5) is 0 Å². The van der Waals surface area contributed by atoms with Crippen LogP contribution in [-0.4, -0.2) is 34.9 Å². The zero-order valence-electron chi connectivity index (χ0n) is 9.82. The van der Waals surface area contributed by atoms with E-state index in [4.69, 9.17) is 9.47 Å². The molecule has 0 aromatic carbocycles. The largest absolute Gasteiger partial charge is 0.461 e. The molecule has 0 saturated carbocycles. The highest BCUT2D eigenvalue weighted by atomic mass is 79.9. The molecule has 1 heterocycles. The number of hydrogen-bond donors (Lipinski definition) is 0. The fraction of sp³-hybridized carbons (Fsp3) is 0.500. The van der Waals surface area contributed by atoms with Crippen LogP contribution in [0.15, 0.2) is 4.47 Å². The third-order valence-electron chi connectivity index (χ3n) is 1.93. The number of aromatic nitrogens is 2. The molecule has 0 spiro atoms. The number of carbonyl (C=O) groups excluding carboxylic acids is 2. The van der Waals surface area contributed by atoms with Crippen molar-refractivity contribution >= 4 is 27.9 Å². The van der Waals surface area contributed by atoms with Crippen molar-refractivity contribution in [2.24, 2.45) is 7.05 Å². The first kappa shape index (κ1) is 13.7. The quantitative estimate of drug-likeness (QED) is 0.789. The second kappa shape index (κ2) is 5.81. The van der Waals surface area contributed by atoms with Crippen LogP contribution in [0.5, 0.6) is 0 Å². The van der Waals surface area contributed by atoms with Crippen molar-refractivity contribution in [1.82, 2.24) is 9.78 Å². The van der Waals surface area contributed by atoms with Crippen LogP contribution in [-0.2, 0) is 16.5 Å². The van der Waals surface area contributed by atoms with E-state index in [0.29, 0.717) is 0 Å². The molecule has 0 fully saturated rings. The van der Waals surface area contributed by atoms with Crippen LogP contribution >= 0.6 is 15.9 Å². The van der Waals surface area contributed by atoms with Crippen LogP contribution in [0, 0.1) is 0 Å². The molecule has 0 aliphatic rings. The van der Waals surface area contributed by atoms with Gasteiger partial charge in [0.25, 0.3) is 0 Å². The summed E-state index contributed by atoms with van der Waals surface area (Å²) in [6.45, 7) is 3.90. The average Bonchev–Trinajstić information content (AvgIpc) is 2.55. The molecule has 0 atom stereocenters. The zero-order chi connectivity index (χ0) is 13.0. The summed E-state index contributed by atoms with van der Waals surface area (Å²) in [5.41, 5.74) is 0.257. The topological polar surface area (TPSA) is 70.4 Å². The molecule has 0 aliphatic carbocycles. The van der Waals surface area contributed by atoms with E-state index >= 15 is 0 Å². The van der Waals surface area contributed by atoms with Gasteiger partial charge in [0.2, 0.25) is 0 Å². The van der Waals surface area contributed by atoms with Gasteiger partial charge in [-0.1, -0.05) is 0 Å². The molecule has 0 N–H and O–H groups in total. The van der Waals surface area contributed by atoms with Crippen molar-refractivity contribution in [3.05, 3.63) is 15.9 Å². The van der Waals surface area contributed by atoms with Crippen LogP contribution < -0.4 is 0 Å². The third kappa shape index (κ3) is 2.85. The first-order valence-corrected chi connectivity index (χ1v) is 5.88. The fourth-order valence-corrected chi connectivity index (χ4v) is 1.91. The van der Waals surface area contributed by atoms with Gasteiger partial charge in [-0.05, 0) is 29.8 Å². The maximum absolute atomic E-state index is 11.6. The van der Waals surface area contributed by atoms with E-state index in [1.807, 2.05) is 0 Å². The second-order valence-corrected chi connectivity index (χ2v) is 3.87. The van der Waals surface area contributed by atoms with Crippen LogP contribution in [0.3, 0.4) is 0 Å². The van der Waals surface area contributed by atoms with Gasteiger partial charge in [-0.15, -0.1) is 0 Å². The van der Waals surface area contributed by atoms with Gasteiger partial charge in [-0.25, -0.2) is 9.59 Å². The predicted molar refractivity (Wildman–Crippen MR) is 62.8 cm³/mol. The Morgan fingerprint density at radius 3 is 2.29 bits per heavy atom. The van der Waals surface area contributed by atoms with E-state index < -0.39 is 11.9 Å². The molecule has 0 amide bonds. The molecule has 0 bridgehead atoms. The molecular formula is C10H13BrN2O4. The van der Waals surface area contributed by atoms with Crippen LogP contribution in [0.25, 0.3) is 0 Å². The molecule has 6 nitrogen and oxygen atoms in total. The molecule has 17 heavy (non-hydrogen) atoms. The summed E-state index contributed by atoms with van der Waals surface area (Å²) in [5, 5.41) is 3.93. The lowest BCUT2D eigenvalue weighted by Gasteiger charge is -2.01. The Hall–Kier alpha value is -1.37. The summed E-state index contributed by atoms with van der Waals surface area (Å²) in [6.07, 6.45) is 0. The fourth-order valence-electron chi connectivity index (χ4n) is 1.25. The monoisotopic (exact) mass is 304 g/mol. The highest BCUT2D eigenvalue weighted by Crippen LogP contribution is 2.22. The summed E-state index contributed by atoms with van der Waals surface area (Å²) in [6, 6.07) is 0. The summed E-state index contributed by atoms with van der Waals surface area (Å²) >= 11 is 3.16. The van der Waals surface area contributed by atoms with E-state index in [1.165, 1.54) is 4.68 Å². The lowest BCUT2D eigenvalue weighted by molar-refractivity contribution is 0.0507. The third-order valence-corrected chi connectivity index (χ3v) is 2.68. The molecule has 0 aliphatic heterocycles. The van der Waals surface area contributed by atoms with Crippen LogP contribution in [0.1, 0.15) is 34.8 Å². The SMILES string of the molecule is CCOC(=O)c1nn(C)c(C(=O)OCC)c1Br. The van der Waals surface area contributed by atoms with Crippen LogP contribution in [0.2, 0.25) is 0 Å². The van der Waals surface area contributed by atoms with Gasteiger partial charge in [0.1, 0.15) is 0 Å². The Morgan fingerprint density at radius 2 is 1.76 bits per heavy atom. The number of hydrogen-bond acceptors (Lipinski definition) is 5. The van der Waals surface area contributed by atoms with Crippen molar-refractivity contribution in [2.75, 3.05) is 13.2 Å². The lowest BCUT2D eigenvalue weighted by atomic mass is 10.3. The molecule has 0 saturated heterocycles. The summed E-state index contributed by atoms with van der Waals surface area (Å²) in [7, 11) is 1.56. The van der Waals surface area contributed by atoms with Gasteiger partial charge < -0.3 is 9.47 Å². The average molecular weight is 305 g/mol. The Kier molecular flexibility index (Phi) is 4.68. The summed E-state index contributed by atoms with van der Waals surface area (Å²) in [4.78, 5) is 23.1. The minimum absolute atomic E-state index is 0.0670. The number of esters is 2. The maximum atomic E-state index is 11.6. The zero-order valence-corrected chi connectivity index (χ0v) is 11.4. The Labute approximate surface area is 107 Å². The predicted octanol–water partition coefficient (Wildman–Crippen LogP) is 1.54.